The summed E-state index contributed by atoms with van der Waals surface area (Å²) in [5.41, 5.74) is 1.78. The maximum absolute atomic E-state index is 13.7. The Kier molecular flexibility index (Phi) is 3.83. The molecule has 0 aliphatic heterocycles. The number of benzene rings is 1. The van der Waals surface area contributed by atoms with Gasteiger partial charge in [0.05, 0.1) is 13.0 Å². The first-order valence-corrected chi connectivity index (χ1v) is 4.96. The highest BCUT2D eigenvalue weighted by Gasteiger charge is 2.13. The Balaban J connectivity index is 2.93. The quantitative estimate of drug-likeness (QED) is 0.717. The van der Waals surface area contributed by atoms with E-state index < -0.39 is 0 Å². The van der Waals surface area contributed by atoms with E-state index in [2.05, 4.69) is 0 Å². The van der Waals surface area contributed by atoms with Gasteiger partial charge in [0.25, 0.3) is 0 Å². The highest BCUT2D eigenvalue weighted by atomic mass is 19.1. The second kappa shape index (κ2) is 4.91. The molecule has 0 unspecified atom stereocenters. The van der Waals surface area contributed by atoms with Crippen LogP contribution in [0.3, 0.4) is 0 Å². The van der Waals surface area contributed by atoms with Gasteiger partial charge in [-0.3, -0.25) is 4.79 Å². The van der Waals surface area contributed by atoms with Gasteiger partial charge in [0.15, 0.2) is 0 Å². The Hall–Kier alpha value is -1.38. The van der Waals surface area contributed by atoms with Crippen LogP contribution in [0.2, 0.25) is 0 Å². The summed E-state index contributed by atoms with van der Waals surface area (Å²) in [6.45, 7) is 5.53. The van der Waals surface area contributed by atoms with Crippen molar-refractivity contribution in [2.75, 3.05) is 6.61 Å². The number of carbonyl (C=O) groups is 1. The molecular formula is C12H15FO2. The van der Waals surface area contributed by atoms with Crippen LogP contribution in [0.5, 0.6) is 0 Å². The molecule has 0 aliphatic rings. The van der Waals surface area contributed by atoms with Crippen molar-refractivity contribution in [3.05, 3.63) is 34.6 Å². The molecule has 3 heteroatoms. The van der Waals surface area contributed by atoms with Gasteiger partial charge in [-0.15, -0.1) is 0 Å². The van der Waals surface area contributed by atoms with Crippen LogP contribution in [0.1, 0.15) is 23.6 Å². The van der Waals surface area contributed by atoms with Crippen LogP contribution in [-0.4, -0.2) is 12.6 Å². The van der Waals surface area contributed by atoms with E-state index in [0.717, 1.165) is 5.56 Å². The lowest BCUT2D eigenvalue weighted by Gasteiger charge is -2.08. The van der Waals surface area contributed by atoms with E-state index in [4.69, 9.17) is 4.74 Å². The highest BCUT2D eigenvalue weighted by Crippen LogP contribution is 2.17. The maximum Gasteiger partial charge on any atom is 0.310 e. The molecule has 2 nitrogen and oxygen atoms in total. The summed E-state index contributed by atoms with van der Waals surface area (Å²) in [7, 11) is 0. The summed E-state index contributed by atoms with van der Waals surface area (Å²) in [4.78, 5) is 11.2. The fourth-order valence-corrected chi connectivity index (χ4v) is 1.41. The van der Waals surface area contributed by atoms with E-state index in [1.54, 1.807) is 26.8 Å². The number of esters is 1. The lowest BCUT2D eigenvalue weighted by atomic mass is 10.0. The monoisotopic (exact) mass is 210 g/mol. The van der Waals surface area contributed by atoms with Gasteiger partial charge in [0.1, 0.15) is 5.82 Å². The first-order chi connectivity index (χ1) is 7.06. The smallest absolute Gasteiger partial charge is 0.310 e. The van der Waals surface area contributed by atoms with Crippen molar-refractivity contribution in [1.82, 2.24) is 0 Å². The molecule has 0 atom stereocenters. The minimum absolute atomic E-state index is 0.00713. The second-order valence-electron chi connectivity index (χ2n) is 3.47. The Bertz CT molecular complexity index is 372. The summed E-state index contributed by atoms with van der Waals surface area (Å²) in [6.07, 6.45) is 0.00713. The number of rotatable bonds is 3. The molecule has 1 aromatic rings. The standard InChI is InChI=1S/C12H15FO2/c1-4-15-11(14)7-10-8(2)5-6-9(3)12(10)13/h5-6H,4,7H2,1-3H3. The largest absolute Gasteiger partial charge is 0.466 e. The molecule has 0 fully saturated rings. The lowest BCUT2D eigenvalue weighted by Crippen LogP contribution is -2.10. The third kappa shape index (κ3) is 2.78. The number of hydrogen-bond acceptors (Lipinski definition) is 2. The van der Waals surface area contributed by atoms with Gasteiger partial charge < -0.3 is 4.74 Å². The Morgan fingerprint density at radius 2 is 1.93 bits per heavy atom. The Labute approximate surface area is 89.1 Å². The molecule has 1 rings (SSSR count). The number of halogens is 1. The molecule has 0 saturated heterocycles. The van der Waals surface area contributed by atoms with Crippen LogP contribution in [-0.2, 0) is 16.0 Å². The zero-order valence-electron chi connectivity index (χ0n) is 9.26. The predicted octanol–water partition coefficient (Wildman–Crippen LogP) is 2.55. The zero-order valence-corrected chi connectivity index (χ0v) is 9.26. The first kappa shape index (κ1) is 11.7. The van der Waals surface area contributed by atoms with Crippen LogP contribution in [0, 0.1) is 19.7 Å². The normalized spacial score (nSPS) is 10.1. The van der Waals surface area contributed by atoms with E-state index in [1.165, 1.54) is 0 Å². The van der Waals surface area contributed by atoms with E-state index in [0.29, 0.717) is 17.7 Å². The van der Waals surface area contributed by atoms with Gasteiger partial charge >= 0.3 is 5.97 Å². The number of aryl methyl sites for hydroxylation is 2. The molecule has 0 saturated carbocycles. The van der Waals surface area contributed by atoms with Gasteiger partial charge in [-0.2, -0.15) is 0 Å². The average Bonchev–Trinajstić information content (AvgIpc) is 2.19. The molecule has 0 amide bonds. The third-order valence-electron chi connectivity index (χ3n) is 2.30. The van der Waals surface area contributed by atoms with Crippen molar-refractivity contribution in [1.29, 1.82) is 0 Å². The molecule has 15 heavy (non-hydrogen) atoms. The molecular weight excluding hydrogens is 195 g/mol. The maximum atomic E-state index is 13.7. The molecule has 0 heterocycles. The molecule has 0 N–H and O–H groups in total. The fourth-order valence-electron chi connectivity index (χ4n) is 1.41. The summed E-state index contributed by atoms with van der Waals surface area (Å²) < 4.78 is 18.4. The highest BCUT2D eigenvalue weighted by molar-refractivity contribution is 5.73. The minimum Gasteiger partial charge on any atom is -0.466 e. The summed E-state index contributed by atoms with van der Waals surface area (Å²) >= 11 is 0. The van der Waals surface area contributed by atoms with Crippen molar-refractivity contribution >= 4 is 5.97 Å². The summed E-state index contributed by atoms with van der Waals surface area (Å²) in [5, 5.41) is 0. The molecule has 0 radical (unpaired) electrons. The van der Waals surface area contributed by atoms with Crippen molar-refractivity contribution in [2.45, 2.75) is 27.2 Å². The van der Waals surface area contributed by atoms with E-state index >= 15 is 0 Å². The lowest BCUT2D eigenvalue weighted by molar-refractivity contribution is -0.142. The van der Waals surface area contributed by atoms with Crippen LogP contribution in [0.25, 0.3) is 0 Å². The van der Waals surface area contributed by atoms with Crippen LogP contribution < -0.4 is 0 Å². The third-order valence-corrected chi connectivity index (χ3v) is 2.30. The molecule has 82 valence electrons. The summed E-state index contributed by atoms with van der Waals surface area (Å²) in [6, 6.07) is 3.52. The molecule has 0 bridgehead atoms. The molecule has 1 aromatic carbocycles. The SMILES string of the molecule is CCOC(=O)Cc1c(C)ccc(C)c1F. The Morgan fingerprint density at radius 1 is 1.33 bits per heavy atom. The molecule has 0 aliphatic carbocycles. The van der Waals surface area contributed by atoms with Crippen molar-refractivity contribution in [3.63, 3.8) is 0 Å². The Morgan fingerprint density at radius 3 is 2.53 bits per heavy atom. The van der Waals surface area contributed by atoms with Gasteiger partial charge in [-0.05, 0) is 31.9 Å². The fraction of sp³-hybridized carbons (Fsp3) is 0.417. The van der Waals surface area contributed by atoms with E-state index in [9.17, 15) is 9.18 Å². The molecule has 0 aromatic heterocycles. The van der Waals surface area contributed by atoms with E-state index in [1.807, 2.05) is 6.07 Å². The van der Waals surface area contributed by atoms with Gasteiger partial charge in [-0.25, -0.2) is 4.39 Å². The second-order valence-corrected chi connectivity index (χ2v) is 3.47. The van der Waals surface area contributed by atoms with Crippen molar-refractivity contribution < 1.29 is 13.9 Å². The number of hydrogen-bond donors (Lipinski definition) is 0. The van der Waals surface area contributed by atoms with Gasteiger partial charge in [0.2, 0.25) is 0 Å². The average molecular weight is 210 g/mol. The minimum atomic E-state index is -0.384. The van der Waals surface area contributed by atoms with Crippen LogP contribution in [0.15, 0.2) is 12.1 Å². The van der Waals surface area contributed by atoms with Crippen LogP contribution >= 0.6 is 0 Å². The van der Waals surface area contributed by atoms with Crippen molar-refractivity contribution in [2.24, 2.45) is 0 Å². The molecule has 0 spiro atoms. The summed E-state index contributed by atoms with van der Waals surface area (Å²) in [5.74, 6) is -0.687. The zero-order chi connectivity index (χ0) is 11.4. The first-order valence-electron chi connectivity index (χ1n) is 4.96. The number of ether oxygens (including phenoxy) is 1. The topological polar surface area (TPSA) is 26.3 Å². The predicted molar refractivity (Wildman–Crippen MR) is 56.2 cm³/mol. The van der Waals surface area contributed by atoms with Gasteiger partial charge in [-0.1, -0.05) is 12.1 Å². The van der Waals surface area contributed by atoms with Crippen molar-refractivity contribution in [3.8, 4) is 0 Å². The van der Waals surface area contributed by atoms with Gasteiger partial charge in [0, 0.05) is 5.56 Å². The van der Waals surface area contributed by atoms with Crippen LogP contribution in [0.4, 0.5) is 4.39 Å². The van der Waals surface area contributed by atoms with E-state index in [-0.39, 0.29) is 18.2 Å². The number of carbonyl (C=O) groups excluding carboxylic acids is 1.